The van der Waals surface area contributed by atoms with Crippen LogP contribution < -0.4 is 15.4 Å². The van der Waals surface area contributed by atoms with Crippen molar-refractivity contribution in [3.8, 4) is 5.75 Å². The maximum absolute atomic E-state index is 12.1. The highest BCUT2D eigenvalue weighted by Gasteiger charge is 2.17. The number of piperidine rings is 1. The van der Waals surface area contributed by atoms with Crippen molar-refractivity contribution in [3.63, 3.8) is 0 Å². The van der Waals surface area contributed by atoms with Crippen LogP contribution in [0.5, 0.6) is 5.75 Å². The van der Waals surface area contributed by atoms with Crippen LogP contribution in [0.25, 0.3) is 0 Å². The predicted octanol–water partition coefficient (Wildman–Crippen LogP) is 1.72. The van der Waals surface area contributed by atoms with Crippen LogP contribution >= 0.6 is 0 Å². The molecule has 3 rings (SSSR count). The molecule has 2 N–H and O–H groups in total. The van der Waals surface area contributed by atoms with Crippen LogP contribution in [0.1, 0.15) is 30.0 Å². The Balaban J connectivity index is 1.42. The van der Waals surface area contributed by atoms with Crippen molar-refractivity contribution < 1.29 is 9.53 Å². The SMILES string of the molecule is COc1ccc(CCNC(=O)Cn2ccc([C@@H]3CCCNC3)n2)cc1. The molecule has 1 aliphatic rings. The number of amides is 1. The van der Waals surface area contributed by atoms with E-state index in [1.807, 2.05) is 36.5 Å². The van der Waals surface area contributed by atoms with Crippen LogP contribution in [0.2, 0.25) is 0 Å². The highest BCUT2D eigenvalue weighted by molar-refractivity contribution is 5.75. The molecule has 0 bridgehead atoms. The number of hydrogen-bond acceptors (Lipinski definition) is 4. The molecule has 2 heterocycles. The molecule has 1 fully saturated rings. The van der Waals surface area contributed by atoms with Crippen molar-refractivity contribution >= 4 is 5.91 Å². The molecule has 6 heteroatoms. The van der Waals surface area contributed by atoms with Crippen molar-refractivity contribution in [1.82, 2.24) is 20.4 Å². The first-order chi connectivity index (χ1) is 12.2. The summed E-state index contributed by atoms with van der Waals surface area (Å²) < 4.78 is 6.87. The van der Waals surface area contributed by atoms with Gasteiger partial charge in [-0.3, -0.25) is 9.48 Å². The van der Waals surface area contributed by atoms with E-state index in [1.165, 1.54) is 12.0 Å². The van der Waals surface area contributed by atoms with E-state index in [0.717, 1.165) is 37.4 Å². The van der Waals surface area contributed by atoms with Gasteiger partial charge in [-0.2, -0.15) is 5.10 Å². The second-order valence-corrected chi connectivity index (χ2v) is 6.43. The van der Waals surface area contributed by atoms with Crippen molar-refractivity contribution in [2.75, 3.05) is 26.7 Å². The minimum atomic E-state index is -0.00932. The number of benzene rings is 1. The fourth-order valence-corrected chi connectivity index (χ4v) is 3.13. The van der Waals surface area contributed by atoms with Gasteiger partial charge in [-0.15, -0.1) is 0 Å². The summed E-state index contributed by atoms with van der Waals surface area (Å²) in [6.07, 6.45) is 5.04. The lowest BCUT2D eigenvalue weighted by atomic mass is 9.97. The molecule has 1 aromatic carbocycles. The lowest BCUT2D eigenvalue weighted by Crippen LogP contribution is -2.30. The normalized spacial score (nSPS) is 17.2. The third-order valence-electron chi connectivity index (χ3n) is 4.58. The Bertz CT molecular complexity index is 675. The Morgan fingerprint density at radius 1 is 1.36 bits per heavy atom. The molecule has 0 saturated carbocycles. The number of aromatic nitrogens is 2. The lowest BCUT2D eigenvalue weighted by molar-refractivity contribution is -0.121. The number of carbonyl (C=O) groups excluding carboxylic acids is 1. The summed E-state index contributed by atoms with van der Waals surface area (Å²) >= 11 is 0. The molecule has 1 atom stereocenters. The molecule has 2 aromatic rings. The van der Waals surface area contributed by atoms with E-state index in [1.54, 1.807) is 11.8 Å². The maximum atomic E-state index is 12.1. The molecule has 1 aromatic heterocycles. The molecule has 0 aliphatic carbocycles. The summed E-state index contributed by atoms with van der Waals surface area (Å²) in [7, 11) is 1.65. The zero-order chi connectivity index (χ0) is 17.5. The van der Waals surface area contributed by atoms with E-state index in [-0.39, 0.29) is 12.5 Å². The van der Waals surface area contributed by atoms with Crippen LogP contribution in [0.15, 0.2) is 36.5 Å². The highest BCUT2D eigenvalue weighted by atomic mass is 16.5. The number of nitrogens with zero attached hydrogens (tertiary/aromatic N) is 2. The molecular weight excluding hydrogens is 316 g/mol. The first-order valence-electron chi connectivity index (χ1n) is 8.88. The number of rotatable bonds is 7. The quantitative estimate of drug-likeness (QED) is 0.804. The van der Waals surface area contributed by atoms with Gasteiger partial charge in [-0.1, -0.05) is 12.1 Å². The number of hydrogen-bond donors (Lipinski definition) is 2. The largest absolute Gasteiger partial charge is 0.497 e. The van der Waals surface area contributed by atoms with Gasteiger partial charge in [-0.25, -0.2) is 0 Å². The molecule has 0 radical (unpaired) electrons. The zero-order valence-corrected chi connectivity index (χ0v) is 14.7. The van der Waals surface area contributed by atoms with E-state index in [4.69, 9.17) is 4.74 Å². The fraction of sp³-hybridized carbons (Fsp3) is 0.474. The number of nitrogens with one attached hydrogen (secondary N) is 2. The van der Waals surface area contributed by atoms with E-state index < -0.39 is 0 Å². The van der Waals surface area contributed by atoms with Crippen LogP contribution in [-0.2, 0) is 17.8 Å². The smallest absolute Gasteiger partial charge is 0.241 e. The van der Waals surface area contributed by atoms with E-state index in [2.05, 4.69) is 15.7 Å². The summed E-state index contributed by atoms with van der Waals surface area (Å²) in [5.74, 6) is 1.30. The molecule has 1 aliphatic heterocycles. The van der Waals surface area contributed by atoms with Crippen molar-refractivity contribution in [2.45, 2.75) is 31.7 Å². The van der Waals surface area contributed by atoms with E-state index in [0.29, 0.717) is 12.5 Å². The van der Waals surface area contributed by atoms with Gasteiger partial charge in [0, 0.05) is 25.2 Å². The summed E-state index contributed by atoms with van der Waals surface area (Å²) in [6.45, 7) is 2.95. The molecule has 1 saturated heterocycles. The topological polar surface area (TPSA) is 68.2 Å². The molecule has 0 spiro atoms. The lowest BCUT2D eigenvalue weighted by Gasteiger charge is -2.20. The Kier molecular flexibility index (Phi) is 6.06. The van der Waals surface area contributed by atoms with Gasteiger partial charge in [0.05, 0.1) is 12.8 Å². The van der Waals surface area contributed by atoms with Crippen molar-refractivity contribution in [3.05, 3.63) is 47.8 Å². The predicted molar refractivity (Wildman–Crippen MR) is 96.8 cm³/mol. The van der Waals surface area contributed by atoms with Gasteiger partial charge in [0.2, 0.25) is 5.91 Å². The first kappa shape index (κ1) is 17.5. The molecular formula is C19H26N4O2. The Morgan fingerprint density at radius 3 is 2.92 bits per heavy atom. The highest BCUT2D eigenvalue weighted by Crippen LogP contribution is 2.21. The molecule has 6 nitrogen and oxygen atoms in total. The second-order valence-electron chi connectivity index (χ2n) is 6.43. The minimum absolute atomic E-state index is 0.00932. The Hall–Kier alpha value is -2.34. The minimum Gasteiger partial charge on any atom is -0.497 e. The number of carbonyl (C=O) groups is 1. The maximum Gasteiger partial charge on any atom is 0.241 e. The van der Waals surface area contributed by atoms with Gasteiger partial charge < -0.3 is 15.4 Å². The molecule has 1 amide bonds. The van der Waals surface area contributed by atoms with Crippen LogP contribution in [0.3, 0.4) is 0 Å². The number of methoxy groups -OCH3 is 1. The summed E-state index contributed by atoms with van der Waals surface area (Å²) in [6, 6.07) is 9.93. The Morgan fingerprint density at radius 2 is 2.20 bits per heavy atom. The van der Waals surface area contributed by atoms with Gasteiger partial charge in [-0.05, 0) is 49.6 Å². The zero-order valence-electron chi connectivity index (χ0n) is 14.7. The van der Waals surface area contributed by atoms with Crippen molar-refractivity contribution in [2.24, 2.45) is 0 Å². The summed E-state index contributed by atoms with van der Waals surface area (Å²) in [4.78, 5) is 12.1. The number of ether oxygens (including phenoxy) is 1. The van der Waals surface area contributed by atoms with Crippen LogP contribution in [0.4, 0.5) is 0 Å². The average molecular weight is 342 g/mol. The fourth-order valence-electron chi connectivity index (χ4n) is 3.13. The monoisotopic (exact) mass is 342 g/mol. The molecule has 0 unspecified atom stereocenters. The molecule has 134 valence electrons. The van der Waals surface area contributed by atoms with Gasteiger partial charge in [0.25, 0.3) is 0 Å². The average Bonchev–Trinajstić information content (AvgIpc) is 3.11. The van der Waals surface area contributed by atoms with E-state index >= 15 is 0 Å². The summed E-state index contributed by atoms with van der Waals surface area (Å²) in [5.41, 5.74) is 2.26. The Labute approximate surface area is 148 Å². The van der Waals surface area contributed by atoms with Crippen molar-refractivity contribution in [1.29, 1.82) is 0 Å². The van der Waals surface area contributed by atoms with Gasteiger partial charge in [0.1, 0.15) is 12.3 Å². The van der Waals surface area contributed by atoms with Gasteiger partial charge >= 0.3 is 0 Å². The first-order valence-corrected chi connectivity index (χ1v) is 8.88. The van der Waals surface area contributed by atoms with Crippen LogP contribution in [0, 0.1) is 0 Å². The third kappa shape index (κ3) is 5.06. The van der Waals surface area contributed by atoms with E-state index in [9.17, 15) is 4.79 Å². The standard InChI is InChI=1S/C19H26N4O2/c1-25-17-6-4-15(5-7-17)8-11-21-19(24)14-23-12-9-18(22-23)16-3-2-10-20-13-16/h4-7,9,12,16,20H,2-3,8,10-11,13-14H2,1H3,(H,21,24)/t16-/m1/s1. The second kappa shape index (κ2) is 8.67. The summed E-state index contributed by atoms with van der Waals surface area (Å²) in [5, 5.41) is 10.9. The third-order valence-corrected chi connectivity index (χ3v) is 4.58. The van der Waals surface area contributed by atoms with Gasteiger partial charge in [0.15, 0.2) is 0 Å². The van der Waals surface area contributed by atoms with Crippen LogP contribution in [-0.4, -0.2) is 42.4 Å². The molecule has 25 heavy (non-hydrogen) atoms.